The summed E-state index contributed by atoms with van der Waals surface area (Å²) < 4.78 is 0.419. The number of thioether (sulfide) groups is 1. The zero-order valence-corrected chi connectivity index (χ0v) is 17.5. The van der Waals surface area contributed by atoms with Gasteiger partial charge in [0, 0.05) is 26.1 Å². The molecule has 0 saturated carbocycles. The van der Waals surface area contributed by atoms with Crippen LogP contribution in [0.5, 0.6) is 0 Å². The van der Waals surface area contributed by atoms with Crippen molar-refractivity contribution in [2.45, 2.75) is 31.8 Å². The fraction of sp³-hybridized carbons (Fsp3) is 0.500. The molecule has 0 aliphatic carbocycles. The third-order valence-corrected chi connectivity index (χ3v) is 7.08. The summed E-state index contributed by atoms with van der Waals surface area (Å²) in [6.07, 6.45) is 3.16. The number of carboxylic acid groups (broad SMARTS) is 1. The van der Waals surface area contributed by atoms with Crippen LogP contribution in [-0.2, 0) is 9.59 Å². The van der Waals surface area contributed by atoms with E-state index in [-0.39, 0.29) is 25.0 Å². The van der Waals surface area contributed by atoms with E-state index in [9.17, 15) is 14.7 Å². The van der Waals surface area contributed by atoms with E-state index in [2.05, 4.69) is 9.88 Å². The van der Waals surface area contributed by atoms with Gasteiger partial charge in [-0.15, -0.1) is 0 Å². The molecular weight excluding hydrogens is 430 g/mol. The highest BCUT2D eigenvalue weighted by Crippen LogP contribution is 2.37. The lowest BCUT2D eigenvalue weighted by atomic mass is 10.1. The van der Waals surface area contributed by atoms with Crippen LogP contribution in [0.3, 0.4) is 0 Å². The molecule has 2 aliphatic heterocycles. The molecule has 146 valence electrons. The summed E-state index contributed by atoms with van der Waals surface area (Å²) in [6.45, 7) is 1.72. The molecule has 0 atom stereocenters. The van der Waals surface area contributed by atoms with E-state index in [4.69, 9.17) is 28.9 Å². The number of hydrogen-bond donors (Lipinski definition) is 2. The number of thiocarbonyl (C=S) groups is 1. The molecule has 1 aromatic rings. The van der Waals surface area contributed by atoms with Gasteiger partial charge in [-0.25, -0.2) is 4.98 Å². The minimum atomic E-state index is -0.898. The largest absolute Gasteiger partial charge is 0.481 e. The lowest BCUT2D eigenvalue weighted by Gasteiger charge is -2.28. The fourth-order valence-corrected chi connectivity index (χ4v) is 5.40. The molecule has 0 aromatic carbocycles. The molecule has 2 saturated heterocycles. The first-order valence-electron chi connectivity index (χ1n) is 8.41. The second-order valence-electron chi connectivity index (χ2n) is 6.20. The number of aromatic nitrogens is 1. The van der Waals surface area contributed by atoms with Crippen molar-refractivity contribution in [3.63, 3.8) is 0 Å². The molecule has 2 aliphatic rings. The Morgan fingerprint density at radius 1 is 1.41 bits per heavy atom. The van der Waals surface area contributed by atoms with E-state index in [0.717, 1.165) is 18.2 Å². The number of piperidine rings is 1. The predicted octanol–water partition coefficient (Wildman–Crippen LogP) is 2.82. The Bertz CT molecular complexity index is 790. The molecule has 0 radical (unpaired) electrons. The Hall–Kier alpha value is -1.20. The molecule has 11 heteroatoms. The first-order valence-corrected chi connectivity index (χ1v) is 10.8. The van der Waals surface area contributed by atoms with Gasteiger partial charge in [0.2, 0.25) is 0 Å². The first-order chi connectivity index (χ1) is 12.8. The van der Waals surface area contributed by atoms with Crippen LogP contribution in [0.25, 0.3) is 6.08 Å². The number of aliphatic carboxylic acids is 1. The normalized spacial score (nSPS) is 20.1. The van der Waals surface area contributed by atoms with Crippen LogP contribution >= 0.6 is 46.9 Å². The SMILES string of the molecule is O=C(O)CCCN1C(=O)C(=Cc2sc(N3CCC(O)CC3)nc2Cl)SC1=S. The van der Waals surface area contributed by atoms with E-state index in [1.165, 1.54) is 28.0 Å². The van der Waals surface area contributed by atoms with Gasteiger partial charge in [0.25, 0.3) is 5.91 Å². The highest BCUT2D eigenvalue weighted by atomic mass is 35.5. The molecule has 0 bridgehead atoms. The van der Waals surface area contributed by atoms with Gasteiger partial charge in [-0.3, -0.25) is 14.5 Å². The van der Waals surface area contributed by atoms with Crippen molar-refractivity contribution in [3.8, 4) is 0 Å². The number of carbonyl (C=O) groups excluding carboxylic acids is 1. The number of nitrogens with zero attached hydrogens (tertiary/aromatic N) is 3. The molecule has 0 spiro atoms. The second kappa shape index (κ2) is 8.87. The van der Waals surface area contributed by atoms with E-state index in [1.807, 2.05) is 0 Å². The summed E-state index contributed by atoms with van der Waals surface area (Å²) in [5, 5.41) is 19.5. The number of hydrogen-bond acceptors (Lipinski definition) is 8. The summed E-state index contributed by atoms with van der Waals surface area (Å²) >= 11 is 14.1. The Balaban J connectivity index is 1.70. The fourth-order valence-electron chi connectivity index (χ4n) is 2.78. The number of thiazole rings is 1. The topological polar surface area (TPSA) is 94.0 Å². The third-order valence-electron chi connectivity index (χ3n) is 4.24. The van der Waals surface area contributed by atoms with Crippen LogP contribution in [0.1, 0.15) is 30.6 Å². The number of carboxylic acids is 1. The maximum Gasteiger partial charge on any atom is 0.303 e. The van der Waals surface area contributed by atoms with Crippen molar-refractivity contribution in [3.05, 3.63) is 14.9 Å². The number of amides is 1. The summed E-state index contributed by atoms with van der Waals surface area (Å²) in [7, 11) is 0. The van der Waals surface area contributed by atoms with Gasteiger partial charge in [-0.1, -0.05) is 46.9 Å². The van der Waals surface area contributed by atoms with Gasteiger partial charge in [-0.2, -0.15) is 0 Å². The van der Waals surface area contributed by atoms with Gasteiger partial charge in [0.05, 0.1) is 15.9 Å². The van der Waals surface area contributed by atoms with E-state index in [1.54, 1.807) is 6.08 Å². The van der Waals surface area contributed by atoms with E-state index in [0.29, 0.717) is 38.5 Å². The number of aliphatic hydroxyl groups is 1. The number of aliphatic hydroxyl groups excluding tert-OH is 1. The van der Waals surface area contributed by atoms with Crippen LogP contribution in [0.4, 0.5) is 5.13 Å². The molecule has 27 heavy (non-hydrogen) atoms. The maximum atomic E-state index is 12.6. The Morgan fingerprint density at radius 2 is 2.11 bits per heavy atom. The number of carbonyl (C=O) groups is 2. The summed E-state index contributed by atoms with van der Waals surface area (Å²) in [5.41, 5.74) is 0. The van der Waals surface area contributed by atoms with Crippen LogP contribution in [0.2, 0.25) is 5.15 Å². The van der Waals surface area contributed by atoms with Gasteiger partial charge in [0.15, 0.2) is 5.13 Å². The molecular formula is C16H18ClN3O4S3. The van der Waals surface area contributed by atoms with Gasteiger partial charge < -0.3 is 15.1 Å². The molecule has 1 amide bonds. The molecule has 0 unspecified atom stereocenters. The van der Waals surface area contributed by atoms with E-state index >= 15 is 0 Å². The smallest absolute Gasteiger partial charge is 0.303 e. The Labute approximate surface area is 175 Å². The number of anilines is 1. The van der Waals surface area contributed by atoms with E-state index < -0.39 is 5.97 Å². The molecule has 2 fully saturated rings. The van der Waals surface area contributed by atoms with Crippen LogP contribution < -0.4 is 4.90 Å². The Kier molecular flexibility index (Phi) is 6.74. The monoisotopic (exact) mass is 447 g/mol. The third kappa shape index (κ3) is 5.00. The average Bonchev–Trinajstić information content (AvgIpc) is 3.10. The molecule has 1 aromatic heterocycles. The minimum absolute atomic E-state index is 0.00925. The van der Waals surface area contributed by atoms with Crippen molar-refractivity contribution in [2.24, 2.45) is 0 Å². The van der Waals surface area contributed by atoms with Crippen molar-refractivity contribution in [2.75, 3.05) is 24.5 Å². The molecule has 2 N–H and O–H groups in total. The quantitative estimate of drug-likeness (QED) is 0.508. The van der Waals surface area contributed by atoms with Gasteiger partial charge in [-0.05, 0) is 25.3 Å². The van der Waals surface area contributed by atoms with Crippen molar-refractivity contribution < 1.29 is 19.8 Å². The van der Waals surface area contributed by atoms with Crippen LogP contribution in [-0.4, -0.2) is 62.0 Å². The molecule has 3 heterocycles. The van der Waals surface area contributed by atoms with Crippen molar-refractivity contribution in [1.82, 2.24) is 9.88 Å². The predicted molar refractivity (Wildman–Crippen MR) is 111 cm³/mol. The summed E-state index contributed by atoms with van der Waals surface area (Å²) in [5.74, 6) is -1.13. The number of halogens is 1. The zero-order chi connectivity index (χ0) is 19.6. The lowest BCUT2D eigenvalue weighted by Crippen LogP contribution is -2.35. The highest BCUT2D eigenvalue weighted by molar-refractivity contribution is 8.26. The van der Waals surface area contributed by atoms with Crippen LogP contribution in [0.15, 0.2) is 4.91 Å². The van der Waals surface area contributed by atoms with Crippen LogP contribution in [0, 0.1) is 0 Å². The maximum absolute atomic E-state index is 12.6. The summed E-state index contributed by atoms with van der Waals surface area (Å²) in [6, 6.07) is 0. The molecule has 7 nitrogen and oxygen atoms in total. The molecule has 3 rings (SSSR count). The Morgan fingerprint density at radius 3 is 2.78 bits per heavy atom. The average molecular weight is 448 g/mol. The standard InChI is InChI=1S/C16H18ClN3O4S3/c17-13-10(26-15(18-13)19-6-3-9(21)4-7-19)8-11-14(24)20(16(25)27-11)5-1-2-12(22)23/h8-9,21H,1-7H2,(H,22,23). The lowest BCUT2D eigenvalue weighted by molar-refractivity contribution is -0.137. The highest BCUT2D eigenvalue weighted by Gasteiger charge is 2.32. The van der Waals surface area contributed by atoms with Gasteiger partial charge >= 0.3 is 5.97 Å². The zero-order valence-electron chi connectivity index (χ0n) is 14.3. The van der Waals surface area contributed by atoms with Crippen molar-refractivity contribution in [1.29, 1.82) is 0 Å². The number of rotatable bonds is 6. The summed E-state index contributed by atoms with van der Waals surface area (Å²) in [4.78, 5) is 32.2. The second-order valence-corrected chi connectivity index (χ2v) is 9.24. The minimum Gasteiger partial charge on any atom is -0.481 e. The van der Waals surface area contributed by atoms with Crippen molar-refractivity contribution >= 4 is 74.3 Å². The first kappa shape index (κ1) is 20.5. The van der Waals surface area contributed by atoms with Gasteiger partial charge in [0.1, 0.15) is 9.47 Å².